The van der Waals surface area contributed by atoms with Crippen LogP contribution in [0.25, 0.3) is 11.5 Å². The number of hydrogen-bond donors (Lipinski definition) is 2. The number of oxazole rings is 1. The predicted octanol–water partition coefficient (Wildman–Crippen LogP) is 3.85. The number of carbonyl (C=O) groups is 1. The summed E-state index contributed by atoms with van der Waals surface area (Å²) < 4.78 is 5.41. The van der Waals surface area contributed by atoms with Gasteiger partial charge in [-0.05, 0) is 49.2 Å². The molecule has 5 nitrogen and oxygen atoms in total. The van der Waals surface area contributed by atoms with Crippen molar-refractivity contribution >= 4 is 11.6 Å². The quantitative estimate of drug-likeness (QED) is 0.765. The fourth-order valence-electron chi connectivity index (χ4n) is 2.42. The van der Waals surface area contributed by atoms with Crippen molar-refractivity contribution in [1.82, 2.24) is 4.98 Å². The summed E-state index contributed by atoms with van der Waals surface area (Å²) in [5.41, 5.74) is 4.03. The average molecular weight is 322 g/mol. The van der Waals surface area contributed by atoms with Gasteiger partial charge < -0.3 is 14.8 Å². The molecule has 0 aliphatic rings. The van der Waals surface area contributed by atoms with Crippen molar-refractivity contribution in [1.29, 1.82) is 0 Å². The smallest absolute Gasteiger partial charge is 0.228 e. The SMILES string of the molecule is Cc1coc(-c2ccc(C)c(NC(=O)Cc3cccc(O)c3)c2)n1. The number of aromatic nitrogens is 1. The lowest BCUT2D eigenvalue weighted by Gasteiger charge is -2.10. The van der Waals surface area contributed by atoms with Gasteiger partial charge >= 0.3 is 0 Å². The van der Waals surface area contributed by atoms with E-state index in [0.29, 0.717) is 11.6 Å². The van der Waals surface area contributed by atoms with Crippen LogP contribution in [0.4, 0.5) is 5.69 Å². The molecule has 0 radical (unpaired) electrons. The molecule has 0 unspecified atom stereocenters. The molecule has 24 heavy (non-hydrogen) atoms. The fourth-order valence-corrected chi connectivity index (χ4v) is 2.42. The minimum atomic E-state index is -0.149. The van der Waals surface area contributed by atoms with Crippen LogP contribution in [0.2, 0.25) is 0 Å². The van der Waals surface area contributed by atoms with E-state index < -0.39 is 0 Å². The number of amides is 1. The number of benzene rings is 2. The third-order valence-corrected chi connectivity index (χ3v) is 3.65. The number of aryl methyl sites for hydroxylation is 2. The molecule has 0 spiro atoms. The number of nitrogens with one attached hydrogen (secondary N) is 1. The van der Waals surface area contributed by atoms with Crippen molar-refractivity contribution < 1.29 is 14.3 Å². The van der Waals surface area contributed by atoms with E-state index in [2.05, 4.69) is 10.3 Å². The molecular weight excluding hydrogens is 304 g/mol. The standard InChI is InChI=1S/C19H18N2O3/c1-12-6-7-15(19-20-13(2)11-24-19)10-17(12)21-18(23)9-14-4-3-5-16(22)8-14/h3-8,10-11,22H,9H2,1-2H3,(H,21,23). The highest BCUT2D eigenvalue weighted by Gasteiger charge is 2.10. The molecule has 1 aromatic heterocycles. The zero-order valence-electron chi connectivity index (χ0n) is 13.5. The molecule has 3 rings (SSSR count). The lowest BCUT2D eigenvalue weighted by atomic mass is 10.1. The molecule has 122 valence electrons. The number of anilines is 1. The van der Waals surface area contributed by atoms with E-state index in [0.717, 1.165) is 22.4 Å². The Balaban J connectivity index is 1.78. The van der Waals surface area contributed by atoms with Crippen molar-refractivity contribution in [2.45, 2.75) is 20.3 Å². The molecule has 3 aromatic rings. The number of aromatic hydroxyl groups is 1. The fraction of sp³-hybridized carbons (Fsp3) is 0.158. The maximum Gasteiger partial charge on any atom is 0.228 e. The molecule has 0 aliphatic carbocycles. The van der Waals surface area contributed by atoms with E-state index in [1.165, 1.54) is 0 Å². The van der Waals surface area contributed by atoms with E-state index in [4.69, 9.17) is 4.42 Å². The average Bonchev–Trinajstić information content (AvgIpc) is 2.96. The number of phenols is 1. The first-order chi connectivity index (χ1) is 11.5. The van der Waals surface area contributed by atoms with Crippen molar-refractivity contribution in [3.63, 3.8) is 0 Å². The van der Waals surface area contributed by atoms with Crippen LogP contribution < -0.4 is 5.32 Å². The highest BCUT2D eigenvalue weighted by molar-refractivity contribution is 5.93. The second kappa shape index (κ2) is 6.58. The predicted molar refractivity (Wildman–Crippen MR) is 91.9 cm³/mol. The molecule has 1 heterocycles. The number of carbonyl (C=O) groups excluding carboxylic acids is 1. The van der Waals surface area contributed by atoms with Crippen LogP contribution in [-0.4, -0.2) is 16.0 Å². The van der Waals surface area contributed by atoms with E-state index in [-0.39, 0.29) is 18.1 Å². The Morgan fingerprint density at radius 3 is 2.75 bits per heavy atom. The molecule has 2 aromatic carbocycles. The van der Waals surface area contributed by atoms with Gasteiger partial charge in [-0.25, -0.2) is 4.98 Å². The Labute approximate surface area is 140 Å². The number of rotatable bonds is 4. The van der Waals surface area contributed by atoms with Gasteiger partial charge in [0, 0.05) is 11.3 Å². The third kappa shape index (κ3) is 3.63. The van der Waals surface area contributed by atoms with Crippen molar-refractivity contribution in [3.05, 3.63) is 65.5 Å². The van der Waals surface area contributed by atoms with Gasteiger partial charge in [-0.15, -0.1) is 0 Å². The normalized spacial score (nSPS) is 10.6. The molecule has 0 atom stereocenters. The van der Waals surface area contributed by atoms with Crippen LogP contribution in [0.15, 0.2) is 53.1 Å². The van der Waals surface area contributed by atoms with E-state index in [9.17, 15) is 9.90 Å². The minimum absolute atomic E-state index is 0.149. The van der Waals surface area contributed by atoms with Gasteiger partial charge in [0.2, 0.25) is 11.8 Å². The van der Waals surface area contributed by atoms with Crippen LogP contribution in [0.3, 0.4) is 0 Å². The van der Waals surface area contributed by atoms with Crippen LogP contribution in [0.1, 0.15) is 16.8 Å². The summed E-state index contributed by atoms with van der Waals surface area (Å²) in [5, 5.41) is 12.4. The van der Waals surface area contributed by atoms with Crippen molar-refractivity contribution in [2.24, 2.45) is 0 Å². The lowest BCUT2D eigenvalue weighted by Crippen LogP contribution is -2.15. The zero-order chi connectivity index (χ0) is 17.1. The van der Waals surface area contributed by atoms with Crippen LogP contribution >= 0.6 is 0 Å². The van der Waals surface area contributed by atoms with Gasteiger partial charge in [0.25, 0.3) is 0 Å². The van der Waals surface area contributed by atoms with E-state index in [1.54, 1.807) is 30.5 Å². The molecule has 1 amide bonds. The van der Waals surface area contributed by atoms with Gasteiger partial charge in [0.15, 0.2) is 0 Å². The molecular formula is C19H18N2O3. The van der Waals surface area contributed by atoms with Gasteiger partial charge in [-0.2, -0.15) is 0 Å². The van der Waals surface area contributed by atoms with E-state index in [1.807, 2.05) is 32.0 Å². The first-order valence-corrected chi connectivity index (χ1v) is 7.62. The molecule has 2 N–H and O–H groups in total. The Kier molecular flexibility index (Phi) is 4.33. The summed E-state index contributed by atoms with van der Waals surface area (Å²) in [6, 6.07) is 12.4. The van der Waals surface area contributed by atoms with E-state index >= 15 is 0 Å². The summed E-state index contributed by atoms with van der Waals surface area (Å²) in [7, 11) is 0. The second-order valence-corrected chi connectivity index (χ2v) is 5.72. The molecule has 0 saturated carbocycles. The Morgan fingerprint density at radius 1 is 1.21 bits per heavy atom. The Hall–Kier alpha value is -3.08. The number of nitrogens with zero attached hydrogens (tertiary/aromatic N) is 1. The molecule has 0 aliphatic heterocycles. The monoisotopic (exact) mass is 322 g/mol. The Morgan fingerprint density at radius 2 is 2.04 bits per heavy atom. The lowest BCUT2D eigenvalue weighted by molar-refractivity contribution is -0.115. The van der Waals surface area contributed by atoms with Crippen LogP contribution in [0.5, 0.6) is 5.75 Å². The number of hydrogen-bond acceptors (Lipinski definition) is 4. The summed E-state index contributed by atoms with van der Waals surface area (Å²) in [6.45, 7) is 3.79. The zero-order valence-corrected chi connectivity index (χ0v) is 13.5. The van der Waals surface area contributed by atoms with Gasteiger partial charge in [0.05, 0.1) is 12.1 Å². The number of phenolic OH excluding ortho intramolecular Hbond substituents is 1. The first-order valence-electron chi connectivity index (χ1n) is 7.62. The highest BCUT2D eigenvalue weighted by Crippen LogP contribution is 2.25. The largest absolute Gasteiger partial charge is 0.508 e. The van der Waals surface area contributed by atoms with Gasteiger partial charge in [-0.3, -0.25) is 4.79 Å². The maximum atomic E-state index is 12.3. The molecule has 0 saturated heterocycles. The molecule has 0 bridgehead atoms. The van der Waals surface area contributed by atoms with Crippen LogP contribution in [-0.2, 0) is 11.2 Å². The first kappa shape index (κ1) is 15.8. The van der Waals surface area contributed by atoms with Crippen molar-refractivity contribution in [3.8, 4) is 17.2 Å². The van der Waals surface area contributed by atoms with Gasteiger partial charge in [-0.1, -0.05) is 18.2 Å². The minimum Gasteiger partial charge on any atom is -0.508 e. The summed E-state index contributed by atoms with van der Waals surface area (Å²) in [6.07, 6.45) is 1.78. The summed E-state index contributed by atoms with van der Waals surface area (Å²) in [4.78, 5) is 16.6. The second-order valence-electron chi connectivity index (χ2n) is 5.72. The maximum absolute atomic E-state index is 12.3. The molecule has 0 fully saturated rings. The van der Waals surface area contributed by atoms with Gasteiger partial charge in [0.1, 0.15) is 12.0 Å². The Bertz CT molecular complexity index is 884. The van der Waals surface area contributed by atoms with Crippen LogP contribution in [0, 0.1) is 13.8 Å². The molecule has 5 heteroatoms. The summed E-state index contributed by atoms with van der Waals surface area (Å²) in [5.74, 6) is 0.526. The highest BCUT2D eigenvalue weighted by atomic mass is 16.3. The van der Waals surface area contributed by atoms with Crippen molar-refractivity contribution in [2.75, 3.05) is 5.32 Å². The third-order valence-electron chi connectivity index (χ3n) is 3.65. The topological polar surface area (TPSA) is 75.4 Å². The summed E-state index contributed by atoms with van der Waals surface area (Å²) >= 11 is 0.